The van der Waals surface area contributed by atoms with Crippen LogP contribution in [0.5, 0.6) is 0 Å². The minimum Gasteiger partial charge on any atom is -0.465 e. The van der Waals surface area contributed by atoms with Crippen molar-refractivity contribution in [3.05, 3.63) is 70.9 Å². The third-order valence-corrected chi connectivity index (χ3v) is 4.70. The van der Waals surface area contributed by atoms with Crippen LogP contribution in [0, 0.1) is 0 Å². The van der Waals surface area contributed by atoms with Gasteiger partial charge < -0.3 is 14.6 Å². The van der Waals surface area contributed by atoms with Crippen LogP contribution in [0.4, 0.5) is 0 Å². The molecule has 1 aliphatic heterocycles. The number of nitrogens with one attached hydrogen (secondary N) is 1. The zero-order valence-electron chi connectivity index (χ0n) is 13.9. The molecule has 2 aromatic carbocycles. The van der Waals surface area contributed by atoms with Gasteiger partial charge in [0, 0.05) is 47.2 Å². The van der Waals surface area contributed by atoms with Crippen molar-refractivity contribution in [2.24, 2.45) is 0 Å². The van der Waals surface area contributed by atoms with Gasteiger partial charge in [-0.15, -0.1) is 0 Å². The molecule has 5 heteroatoms. The van der Waals surface area contributed by atoms with Gasteiger partial charge in [-0.05, 0) is 30.3 Å². The van der Waals surface area contributed by atoms with E-state index < -0.39 is 0 Å². The Bertz CT molecular complexity index is 960. The third-order valence-electron chi connectivity index (χ3n) is 4.70. The minimum absolute atomic E-state index is 0.0322. The van der Waals surface area contributed by atoms with E-state index >= 15 is 0 Å². The number of aromatic amines is 1. The number of carbonyl (C=O) groups is 2. The van der Waals surface area contributed by atoms with Crippen LogP contribution in [-0.4, -0.2) is 35.4 Å². The summed E-state index contributed by atoms with van der Waals surface area (Å²) in [5.74, 6) is -0.324. The van der Waals surface area contributed by atoms with Crippen LogP contribution in [0.15, 0.2) is 48.5 Å². The molecule has 5 nitrogen and oxygen atoms in total. The summed E-state index contributed by atoms with van der Waals surface area (Å²) < 4.78 is 4.81. The Morgan fingerprint density at radius 3 is 2.64 bits per heavy atom. The minimum atomic E-state index is -0.357. The maximum absolute atomic E-state index is 12.7. The summed E-state index contributed by atoms with van der Waals surface area (Å²) in [4.78, 5) is 29.8. The molecule has 2 heterocycles. The summed E-state index contributed by atoms with van der Waals surface area (Å²) in [6.07, 6.45) is 0.774. The van der Waals surface area contributed by atoms with Crippen molar-refractivity contribution >= 4 is 22.8 Å². The van der Waals surface area contributed by atoms with Crippen LogP contribution >= 0.6 is 0 Å². The number of rotatable bonds is 2. The highest BCUT2D eigenvalue weighted by atomic mass is 16.5. The van der Waals surface area contributed by atoms with Crippen molar-refractivity contribution in [2.45, 2.75) is 13.0 Å². The summed E-state index contributed by atoms with van der Waals surface area (Å²) in [7, 11) is 1.37. The van der Waals surface area contributed by atoms with E-state index in [2.05, 4.69) is 4.98 Å². The first-order valence-electron chi connectivity index (χ1n) is 8.23. The normalized spacial score (nSPS) is 13.6. The van der Waals surface area contributed by atoms with Gasteiger partial charge in [0.25, 0.3) is 5.91 Å². The molecule has 1 aromatic heterocycles. The fraction of sp³-hybridized carbons (Fsp3) is 0.200. The van der Waals surface area contributed by atoms with E-state index in [0.29, 0.717) is 24.2 Å². The van der Waals surface area contributed by atoms with E-state index in [1.165, 1.54) is 7.11 Å². The van der Waals surface area contributed by atoms with Crippen LogP contribution in [0.25, 0.3) is 10.9 Å². The second kappa shape index (κ2) is 6.09. The maximum atomic E-state index is 12.7. The quantitative estimate of drug-likeness (QED) is 0.732. The molecule has 4 rings (SSSR count). The zero-order chi connectivity index (χ0) is 17.4. The molecule has 25 heavy (non-hydrogen) atoms. The number of H-pyrrole nitrogens is 1. The van der Waals surface area contributed by atoms with Crippen LogP contribution in [0.2, 0.25) is 0 Å². The fourth-order valence-electron chi connectivity index (χ4n) is 3.40. The topological polar surface area (TPSA) is 62.4 Å². The van der Waals surface area contributed by atoms with E-state index in [1.807, 2.05) is 47.4 Å². The lowest BCUT2D eigenvalue weighted by Crippen LogP contribution is -2.35. The number of esters is 1. The number of nitrogens with zero attached hydrogens (tertiary/aromatic N) is 1. The Balaban J connectivity index is 1.69. The van der Waals surface area contributed by atoms with Gasteiger partial charge in [0.1, 0.15) is 0 Å². The molecule has 0 fully saturated rings. The predicted octanol–water partition coefficient (Wildman–Crippen LogP) is 3.15. The van der Waals surface area contributed by atoms with Gasteiger partial charge in [0.15, 0.2) is 0 Å². The van der Waals surface area contributed by atoms with Gasteiger partial charge in [-0.25, -0.2) is 4.79 Å². The van der Waals surface area contributed by atoms with E-state index in [1.54, 1.807) is 6.07 Å². The van der Waals surface area contributed by atoms with Gasteiger partial charge in [0.2, 0.25) is 0 Å². The number of amides is 1. The Kier molecular flexibility index (Phi) is 3.76. The molecule has 0 spiro atoms. The summed E-state index contributed by atoms with van der Waals surface area (Å²) in [6.45, 7) is 1.21. The van der Waals surface area contributed by atoms with Gasteiger partial charge >= 0.3 is 5.97 Å². The van der Waals surface area contributed by atoms with Crippen molar-refractivity contribution in [1.82, 2.24) is 9.88 Å². The molecule has 0 saturated carbocycles. The zero-order valence-corrected chi connectivity index (χ0v) is 13.9. The van der Waals surface area contributed by atoms with Crippen molar-refractivity contribution < 1.29 is 14.3 Å². The highest BCUT2D eigenvalue weighted by Crippen LogP contribution is 2.29. The molecule has 1 amide bonds. The number of aromatic nitrogens is 1. The summed E-state index contributed by atoms with van der Waals surface area (Å²) >= 11 is 0. The molecule has 1 aliphatic rings. The van der Waals surface area contributed by atoms with Crippen molar-refractivity contribution in [1.29, 1.82) is 0 Å². The smallest absolute Gasteiger partial charge is 0.337 e. The van der Waals surface area contributed by atoms with Crippen LogP contribution in [0.1, 0.15) is 32.0 Å². The lowest BCUT2D eigenvalue weighted by Gasteiger charge is -2.27. The standard InChI is InChI=1S/C20H18N2O3/c1-25-20(24)14-7-8-17-15(11-14)16-12-22(10-9-18(16)21-17)19(23)13-5-3-2-4-6-13/h2-8,11,21H,9-10,12H2,1H3. The Labute approximate surface area is 145 Å². The fourth-order valence-corrected chi connectivity index (χ4v) is 3.40. The number of carbonyl (C=O) groups excluding carboxylic acids is 2. The summed E-state index contributed by atoms with van der Waals surface area (Å²) in [5, 5.41) is 0.975. The van der Waals surface area contributed by atoms with Crippen LogP contribution in [0.3, 0.4) is 0 Å². The highest BCUT2D eigenvalue weighted by Gasteiger charge is 2.25. The van der Waals surface area contributed by atoms with Gasteiger partial charge in [0.05, 0.1) is 12.7 Å². The first-order chi connectivity index (χ1) is 12.2. The number of hydrogen-bond donors (Lipinski definition) is 1. The molecule has 0 unspecified atom stereocenters. The Morgan fingerprint density at radius 2 is 1.88 bits per heavy atom. The molecule has 3 aromatic rings. The Hall–Kier alpha value is -3.08. The predicted molar refractivity (Wildman–Crippen MR) is 94.5 cm³/mol. The number of fused-ring (bicyclic) bond motifs is 3. The molecule has 126 valence electrons. The SMILES string of the molecule is COC(=O)c1ccc2[nH]c3c(c2c1)CN(C(=O)c1ccccc1)CC3. The second-order valence-corrected chi connectivity index (χ2v) is 6.18. The third kappa shape index (κ3) is 2.67. The highest BCUT2D eigenvalue weighted by molar-refractivity contribution is 5.97. The maximum Gasteiger partial charge on any atom is 0.337 e. The van der Waals surface area contributed by atoms with Crippen LogP contribution < -0.4 is 0 Å². The lowest BCUT2D eigenvalue weighted by atomic mass is 10.0. The summed E-state index contributed by atoms with van der Waals surface area (Å²) in [6, 6.07) is 14.8. The van der Waals surface area contributed by atoms with E-state index in [0.717, 1.165) is 28.6 Å². The lowest BCUT2D eigenvalue weighted by molar-refractivity contribution is 0.0600. The molecule has 0 atom stereocenters. The van der Waals surface area contributed by atoms with E-state index in [4.69, 9.17) is 4.74 Å². The van der Waals surface area contributed by atoms with Gasteiger partial charge in [-0.1, -0.05) is 18.2 Å². The molecule has 0 radical (unpaired) electrons. The number of hydrogen-bond acceptors (Lipinski definition) is 3. The number of ether oxygens (including phenoxy) is 1. The molecule has 0 bridgehead atoms. The molecule has 0 aliphatic carbocycles. The van der Waals surface area contributed by atoms with Crippen molar-refractivity contribution in [2.75, 3.05) is 13.7 Å². The van der Waals surface area contributed by atoms with Crippen molar-refractivity contribution in [3.63, 3.8) is 0 Å². The molecule has 1 N–H and O–H groups in total. The van der Waals surface area contributed by atoms with E-state index in [-0.39, 0.29) is 11.9 Å². The van der Waals surface area contributed by atoms with Crippen LogP contribution in [-0.2, 0) is 17.7 Å². The summed E-state index contributed by atoms with van der Waals surface area (Å²) in [5.41, 5.74) is 4.40. The molecular weight excluding hydrogens is 316 g/mol. The van der Waals surface area contributed by atoms with Crippen molar-refractivity contribution in [3.8, 4) is 0 Å². The average Bonchev–Trinajstić information content (AvgIpc) is 3.04. The number of benzene rings is 2. The molecular formula is C20H18N2O3. The first kappa shape index (κ1) is 15.4. The average molecular weight is 334 g/mol. The second-order valence-electron chi connectivity index (χ2n) is 6.18. The number of methoxy groups -OCH3 is 1. The largest absolute Gasteiger partial charge is 0.465 e. The Morgan fingerprint density at radius 1 is 1.08 bits per heavy atom. The van der Waals surface area contributed by atoms with E-state index in [9.17, 15) is 9.59 Å². The van der Waals surface area contributed by atoms with Gasteiger partial charge in [-0.2, -0.15) is 0 Å². The monoisotopic (exact) mass is 334 g/mol. The first-order valence-corrected chi connectivity index (χ1v) is 8.23. The molecule has 0 saturated heterocycles. The van der Waals surface area contributed by atoms with Gasteiger partial charge in [-0.3, -0.25) is 4.79 Å².